The van der Waals surface area contributed by atoms with Gasteiger partial charge in [-0.2, -0.15) is 0 Å². The summed E-state index contributed by atoms with van der Waals surface area (Å²) in [7, 11) is -4.05. The van der Waals surface area contributed by atoms with Crippen LogP contribution in [0.2, 0.25) is 5.02 Å². The maximum atomic E-state index is 13.9. The van der Waals surface area contributed by atoms with Gasteiger partial charge in [-0.05, 0) is 47.0 Å². The van der Waals surface area contributed by atoms with E-state index in [1.807, 2.05) is 0 Å². The van der Waals surface area contributed by atoms with Gasteiger partial charge in [-0.25, -0.2) is 22.3 Å². The molecule has 3 aromatic rings. The SMILES string of the molecule is NS(=O)(=O)c1ccccc1-c1cc(F)c(F)cc1-c1ccc(Cl)cc1. The van der Waals surface area contributed by atoms with Crippen LogP contribution in [0.3, 0.4) is 0 Å². The quantitative estimate of drug-likeness (QED) is 0.723. The molecule has 25 heavy (non-hydrogen) atoms. The largest absolute Gasteiger partial charge is 0.238 e. The summed E-state index contributed by atoms with van der Waals surface area (Å²) in [5, 5.41) is 5.74. The van der Waals surface area contributed by atoms with Crippen LogP contribution in [0.15, 0.2) is 65.6 Å². The number of benzene rings is 3. The zero-order valence-corrected chi connectivity index (χ0v) is 14.3. The minimum atomic E-state index is -4.05. The topological polar surface area (TPSA) is 60.2 Å². The molecule has 0 unspecified atom stereocenters. The van der Waals surface area contributed by atoms with E-state index in [-0.39, 0.29) is 16.0 Å². The molecule has 3 rings (SSSR count). The maximum Gasteiger partial charge on any atom is 0.238 e. The third-order valence-corrected chi connectivity index (χ3v) is 4.92. The summed E-state index contributed by atoms with van der Waals surface area (Å²) in [5.41, 5.74) is 1.29. The number of hydrogen-bond donors (Lipinski definition) is 1. The van der Waals surface area contributed by atoms with Crippen LogP contribution in [0, 0.1) is 11.6 Å². The first-order chi connectivity index (χ1) is 11.8. The minimum Gasteiger partial charge on any atom is -0.225 e. The summed E-state index contributed by atoms with van der Waals surface area (Å²) >= 11 is 5.87. The van der Waals surface area contributed by atoms with Crippen LogP contribution >= 0.6 is 11.6 Å². The molecule has 7 heteroatoms. The lowest BCUT2D eigenvalue weighted by molar-refractivity contribution is 0.509. The third kappa shape index (κ3) is 3.56. The van der Waals surface area contributed by atoms with E-state index >= 15 is 0 Å². The van der Waals surface area contributed by atoms with Gasteiger partial charge in [0, 0.05) is 10.6 Å². The molecule has 0 bridgehead atoms. The Balaban J connectivity index is 2.34. The predicted molar refractivity (Wildman–Crippen MR) is 93.6 cm³/mol. The standard InChI is InChI=1S/C18H12ClF2NO2S/c19-12-7-5-11(6-8-12)14-9-16(20)17(21)10-15(14)13-3-1-2-4-18(13)25(22,23)24/h1-10H,(H2,22,23,24). The van der Waals surface area contributed by atoms with Gasteiger partial charge in [0.1, 0.15) is 0 Å². The molecule has 0 aliphatic heterocycles. The molecule has 0 atom stereocenters. The highest BCUT2D eigenvalue weighted by molar-refractivity contribution is 7.89. The van der Waals surface area contributed by atoms with Crippen molar-refractivity contribution in [2.75, 3.05) is 0 Å². The van der Waals surface area contributed by atoms with Gasteiger partial charge in [0.15, 0.2) is 11.6 Å². The van der Waals surface area contributed by atoms with Crippen molar-refractivity contribution in [1.29, 1.82) is 0 Å². The lowest BCUT2D eigenvalue weighted by Gasteiger charge is -2.14. The molecule has 3 aromatic carbocycles. The smallest absolute Gasteiger partial charge is 0.225 e. The Morgan fingerprint density at radius 1 is 0.800 bits per heavy atom. The summed E-state index contributed by atoms with van der Waals surface area (Å²) in [6.07, 6.45) is 0. The highest BCUT2D eigenvalue weighted by Crippen LogP contribution is 2.37. The molecule has 0 amide bonds. The van der Waals surface area contributed by atoms with Crippen molar-refractivity contribution in [3.63, 3.8) is 0 Å². The van der Waals surface area contributed by atoms with Gasteiger partial charge in [-0.15, -0.1) is 0 Å². The summed E-state index contributed by atoms with van der Waals surface area (Å²) in [5.74, 6) is -2.13. The van der Waals surface area contributed by atoms with Gasteiger partial charge in [-0.3, -0.25) is 0 Å². The van der Waals surface area contributed by atoms with E-state index in [0.717, 1.165) is 12.1 Å². The molecule has 0 saturated carbocycles. The second-order valence-electron chi connectivity index (χ2n) is 5.36. The highest BCUT2D eigenvalue weighted by Gasteiger charge is 2.19. The van der Waals surface area contributed by atoms with E-state index in [9.17, 15) is 17.2 Å². The van der Waals surface area contributed by atoms with Gasteiger partial charge >= 0.3 is 0 Å². The molecule has 128 valence electrons. The molecule has 3 nitrogen and oxygen atoms in total. The van der Waals surface area contributed by atoms with Crippen molar-refractivity contribution >= 4 is 21.6 Å². The molecular formula is C18H12ClF2NO2S. The molecule has 0 fully saturated rings. The summed E-state index contributed by atoms with van der Waals surface area (Å²) < 4.78 is 51.4. The summed E-state index contributed by atoms with van der Waals surface area (Å²) in [4.78, 5) is -0.170. The first-order valence-corrected chi connectivity index (χ1v) is 9.07. The molecule has 0 heterocycles. The first-order valence-electron chi connectivity index (χ1n) is 7.14. The van der Waals surface area contributed by atoms with Gasteiger partial charge in [0.2, 0.25) is 10.0 Å². The highest BCUT2D eigenvalue weighted by atomic mass is 35.5. The van der Waals surface area contributed by atoms with E-state index in [2.05, 4.69) is 0 Å². The number of primary sulfonamides is 1. The Morgan fingerprint density at radius 2 is 1.36 bits per heavy atom. The summed E-state index contributed by atoms with van der Waals surface area (Å²) in [6.45, 7) is 0. The van der Waals surface area contributed by atoms with Gasteiger partial charge < -0.3 is 0 Å². The van der Waals surface area contributed by atoms with Crippen molar-refractivity contribution in [2.45, 2.75) is 4.90 Å². The Labute approximate surface area is 148 Å². The molecule has 0 aliphatic carbocycles. The lowest BCUT2D eigenvalue weighted by Crippen LogP contribution is -2.13. The van der Waals surface area contributed by atoms with Crippen LogP contribution < -0.4 is 5.14 Å². The number of nitrogens with two attached hydrogens (primary N) is 1. The van der Waals surface area contributed by atoms with E-state index in [0.29, 0.717) is 16.1 Å². The van der Waals surface area contributed by atoms with Crippen molar-refractivity contribution in [2.24, 2.45) is 5.14 Å². The fourth-order valence-electron chi connectivity index (χ4n) is 2.58. The molecule has 0 aliphatic rings. The van der Waals surface area contributed by atoms with Crippen LogP contribution in [0.4, 0.5) is 8.78 Å². The number of rotatable bonds is 3. The fraction of sp³-hybridized carbons (Fsp3) is 0. The second-order valence-corrected chi connectivity index (χ2v) is 7.33. The number of halogens is 3. The third-order valence-electron chi connectivity index (χ3n) is 3.70. The normalized spacial score (nSPS) is 11.5. The van der Waals surface area contributed by atoms with Gasteiger partial charge in [-0.1, -0.05) is 41.9 Å². The van der Waals surface area contributed by atoms with Crippen LogP contribution in [0.25, 0.3) is 22.3 Å². The average Bonchev–Trinajstić information content (AvgIpc) is 2.57. The number of sulfonamides is 1. The van der Waals surface area contributed by atoms with Crippen molar-refractivity contribution in [3.8, 4) is 22.3 Å². The molecule has 2 N–H and O–H groups in total. The van der Waals surface area contributed by atoms with Gasteiger partial charge in [0.05, 0.1) is 4.90 Å². The van der Waals surface area contributed by atoms with Gasteiger partial charge in [0.25, 0.3) is 0 Å². The van der Waals surface area contributed by atoms with E-state index in [1.54, 1.807) is 30.3 Å². The monoisotopic (exact) mass is 379 g/mol. The maximum absolute atomic E-state index is 13.9. The number of hydrogen-bond acceptors (Lipinski definition) is 2. The fourth-order valence-corrected chi connectivity index (χ4v) is 3.45. The van der Waals surface area contributed by atoms with E-state index in [4.69, 9.17) is 16.7 Å². The Bertz CT molecular complexity index is 1050. The molecule has 0 saturated heterocycles. The van der Waals surface area contributed by atoms with Crippen LogP contribution in [0.5, 0.6) is 0 Å². The molecule has 0 aromatic heterocycles. The van der Waals surface area contributed by atoms with Crippen molar-refractivity contribution in [3.05, 3.63) is 77.3 Å². The molecule has 0 radical (unpaired) electrons. The van der Waals surface area contributed by atoms with Crippen LogP contribution in [-0.2, 0) is 10.0 Å². The lowest BCUT2D eigenvalue weighted by atomic mass is 9.94. The predicted octanol–water partition coefficient (Wildman–Crippen LogP) is 4.60. The van der Waals surface area contributed by atoms with E-state index in [1.165, 1.54) is 18.2 Å². The van der Waals surface area contributed by atoms with E-state index < -0.39 is 21.7 Å². The zero-order chi connectivity index (χ0) is 18.2. The first kappa shape index (κ1) is 17.5. The zero-order valence-electron chi connectivity index (χ0n) is 12.7. The Hall–Kier alpha value is -2.28. The molecule has 0 spiro atoms. The average molecular weight is 380 g/mol. The van der Waals surface area contributed by atoms with Crippen molar-refractivity contribution < 1.29 is 17.2 Å². The van der Waals surface area contributed by atoms with Crippen molar-refractivity contribution in [1.82, 2.24) is 0 Å². The summed E-state index contributed by atoms with van der Waals surface area (Å²) in [6, 6.07) is 14.4. The Kier molecular flexibility index (Phi) is 4.60. The van der Waals surface area contributed by atoms with Crippen LogP contribution in [-0.4, -0.2) is 8.42 Å². The minimum absolute atomic E-state index is 0.170. The van der Waals surface area contributed by atoms with Crippen LogP contribution in [0.1, 0.15) is 0 Å². The second kappa shape index (κ2) is 6.55. The Morgan fingerprint density at radius 3 is 1.96 bits per heavy atom. The molecular weight excluding hydrogens is 368 g/mol.